The lowest BCUT2D eigenvalue weighted by Crippen LogP contribution is -2.43. The van der Waals surface area contributed by atoms with Gasteiger partial charge in [-0.1, -0.05) is 27.7 Å². The van der Waals surface area contributed by atoms with E-state index in [-0.39, 0.29) is 0 Å². The molecule has 1 N–H and O–H groups in total. The van der Waals surface area contributed by atoms with Crippen LogP contribution in [0, 0.1) is 6.92 Å². The highest BCUT2D eigenvalue weighted by Gasteiger charge is 2.10. The second kappa shape index (κ2) is 10.1. The van der Waals surface area contributed by atoms with Crippen LogP contribution in [0.4, 0.5) is 5.82 Å². The molecule has 2 rings (SSSR count). The molecule has 3 heteroatoms. The molecule has 0 amide bonds. The van der Waals surface area contributed by atoms with Crippen molar-refractivity contribution in [3.63, 3.8) is 0 Å². The predicted octanol–water partition coefficient (Wildman–Crippen LogP) is 2.85. The molecule has 0 atom stereocenters. The average molecular weight is 237 g/mol. The molecule has 17 heavy (non-hydrogen) atoms. The van der Waals surface area contributed by atoms with E-state index in [4.69, 9.17) is 0 Å². The van der Waals surface area contributed by atoms with E-state index in [9.17, 15) is 0 Å². The minimum atomic E-state index is 1.07. The van der Waals surface area contributed by atoms with Crippen molar-refractivity contribution in [1.82, 2.24) is 10.3 Å². The summed E-state index contributed by atoms with van der Waals surface area (Å²) < 4.78 is 0. The predicted molar refractivity (Wildman–Crippen MR) is 76.8 cm³/mol. The lowest BCUT2D eigenvalue weighted by molar-refractivity contribution is 0.585. The van der Waals surface area contributed by atoms with Crippen LogP contribution in [0.25, 0.3) is 0 Å². The number of aryl methyl sites for hydroxylation is 1. The minimum Gasteiger partial charge on any atom is -0.354 e. The van der Waals surface area contributed by atoms with Gasteiger partial charge < -0.3 is 10.2 Å². The molecule has 3 nitrogen and oxygen atoms in total. The summed E-state index contributed by atoms with van der Waals surface area (Å²) in [5.41, 5.74) is 1.28. The lowest BCUT2D eigenvalue weighted by atomic mass is 10.2. The number of pyridine rings is 1. The van der Waals surface area contributed by atoms with Crippen LogP contribution >= 0.6 is 0 Å². The topological polar surface area (TPSA) is 28.2 Å². The number of nitrogens with zero attached hydrogens (tertiary/aromatic N) is 2. The maximum Gasteiger partial charge on any atom is 0.128 e. The molecule has 1 fully saturated rings. The molecule has 1 aliphatic heterocycles. The third-order valence-electron chi connectivity index (χ3n) is 2.34. The molecule has 0 unspecified atom stereocenters. The van der Waals surface area contributed by atoms with Crippen LogP contribution in [0.3, 0.4) is 0 Å². The van der Waals surface area contributed by atoms with Gasteiger partial charge in [0.05, 0.1) is 0 Å². The molecular weight excluding hydrogens is 210 g/mol. The summed E-state index contributed by atoms with van der Waals surface area (Å²) in [5.74, 6) is 1.11. The summed E-state index contributed by atoms with van der Waals surface area (Å²) in [6.45, 7) is 14.4. The van der Waals surface area contributed by atoms with Crippen molar-refractivity contribution in [2.75, 3.05) is 31.1 Å². The molecule has 0 aliphatic carbocycles. The molecule has 0 bridgehead atoms. The Hall–Kier alpha value is -1.09. The van der Waals surface area contributed by atoms with Crippen LogP contribution in [0.15, 0.2) is 18.3 Å². The first-order valence-electron chi connectivity index (χ1n) is 6.74. The number of piperazine rings is 1. The van der Waals surface area contributed by atoms with Crippen LogP contribution < -0.4 is 10.2 Å². The monoisotopic (exact) mass is 237 g/mol. The fourth-order valence-corrected chi connectivity index (χ4v) is 1.59. The summed E-state index contributed by atoms with van der Waals surface area (Å²) in [7, 11) is 0. The Morgan fingerprint density at radius 1 is 1.12 bits per heavy atom. The van der Waals surface area contributed by atoms with Gasteiger partial charge in [-0.25, -0.2) is 4.98 Å². The molecule has 0 aromatic carbocycles. The van der Waals surface area contributed by atoms with Gasteiger partial charge in [0.15, 0.2) is 0 Å². The molecular formula is C14H27N3. The third-order valence-corrected chi connectivity index (χ3v) is 2.34. The van der Waals surface area contributed by atoms with Gasteiger partial charge >= 0.3 is 0 Å². The molecule has 1 saturated heterocycles. The highest BCUT2D eigenvalue weighted by molar-refractivity contribution is 5.41. The van der Waals surface area contributed by atoms with Gasteiger partial charge in [0.25, 0.3) is 0 Å². The molecule has 0 saturated carbocycles. The van der Waals surface area contributed by atoms with E-state index in [1.807, 2.05) is 40.0 Å². The molecule has 0 spiro atoms. The van der Waals surface area contributed by atoms with Crippen LogP contribution in [-0.2, 0) is 0 Å². The van der Waals surface area contributed by atoms with Gasteiger partial charge in [-0.2, -0.15) is 0 Å². The third kappa shape index (κ3) is 5.68. The summed E-state index contributed by atoms with van der Waals surface area (Å²) in [5, 5.41) is 3.33. The van der Waals surface area contributed by atoms with E-state index in [2.05, 4.69) is 28.2 Å². The van der Waals surface area contributed by atoms with E-state index in [0.29, 0.717) is 0 Å². The van der Waals surface area contributed by atoms with E-state index in [0.717, 1.165) is 32.0 Å². The largest absolute Gasteiger partial charge is 0.354 e. The Balaban J connectivity index is 0.000000581. The molecule has 1 aromatic rings. The first-order valence-corrected chi connectivity index (χ1v) is 6.74. The van der Waals surface area contributed by atoms with Gasteiger partial charge in [-0.3, -0.25) is 0 Å². The first-order chi connectivity index (χ1) is 8.36. The fourth-order valence-electron chi connectivity index (χ4n) is 1.59. The second-order valence-corrected chi connectivity index (χ2v) is 3.43. The van der Waals surface area contributed by atoms with Gasteiger partial charge in [0.1, 0.15) is 5.82 Å². The van der Waals surface area contributed by atoms with Gasteiger partial charge in [-0.05, 0) is 24.6 Å². The molecule has 1 aromatic heterocycles. The first kappa shape index (κ1) is 15.9. The molecule has 2 heterocycles. The Kier molecular flexibility index (Phi) is 9.44. The number of aromatic nitrogens is 1. The highest BCUT2D eigenvalue weighted by atomic mass is 15.2. The van der Waals surface area contributed by atoms with Crippen LogP contribution in [0.2, 0.25) is 0 Å². The maximum atomic E-state index is 4.36. The smallest absolute Gasteiger partial charge is 0.128 e. The van der Waals surface area contributed by atoms with E-state index in [1.165, 1.54) is 5.56 Å². The van der Waals surface area contributed by atoms with Gasteiger partial charge in [-0.15, -0.1) is 0 Å². The highest BCUT2D eigenvalue weighted by Crippen LogP contribution is 2.11. The number of nitrogens with one attached hydrogen (secondary N) is 1. The SMILES string of the molecule is CC.CC.Cc1ccnc(N2CCNCC2)c1. The van der Waals surface area contributed by atoms with Crippen molar-refractivity contribution in [2.45, 2.75) is 34.6 Å². The Morgan fingerprint density at radius 3 is 2.24 bits per heavy atom. The van der Waals surface area contributed by atoms with Crippen molar-refractivity contribution >= 4 is 5.82 Å². The number of hydrogen-bond acceptors (Lipinski definition) is 3. The average Bonchev–Trinajstić information content (AvgIpc) is 2.44. The van der Waals surface area contributed by atoms with Gasteiger partial charge in [0.2, 0.25) is 0 Å². The maximum absolute atomic E-state index is 4.36. The summed E-state index contributed by atoms with van der Waals surface area (Å²) in [6, 6.07) is 4.18. The Bertz CT molecular complexity index is 281. The zero-order valence-corrected chi connectivity index (χ0v) is 12.0. The quantitative estimate of drug-likeness (QED) is 0.814. The van der Waals surface area contributed by atoms with Crippen LogP contribution in [-0.4, -0.2) is 31.2 Å². The van der Waals surface area contributed by atoms with E-state index in [1.54, 1.807) is 0 Å². The van der Waals surface area contributed by atoms with Crippen molar-refractivity contribution in [1.29, 1.82) is 0 Å². The number of hydrogen-bond donors (Lipinski definition) is 1. The van der Waals surface area contributed by atoms with Crippen LogP contribution in [0.5, 0.6) is 0 Å². The standard InChI is InChI=1S/C10H15N3.2C2H6/c1-9-2-3-12-10(8-9)13-6-4-11-5-7-13;2*1-2/h2-3,8,11H,4-7H2,1H3;2*1-2H3. The second-order valence-electron chi connectivity index (χ2n) is 3.43. The summed E-state index contributed by atoms with van der Waals surface area (Å²) in [6.07, 6.45) is 1.88. The van der Waals surface area contributed by atoms with Crippen LogP contribution in [0.1, 0.15) is 33.3 Å². The molecule has 98 valence electrons. The lowest BCUT2D eigenvalue weighted by Gasteiger charge is -2.28. The minimum absolute atomic E-state index is 1.07. The normalized spacial score (nSPS) is 14.1. The van der Waals surface area contributed by atoms with E-state index >= 15 is 0 Å². The van der Waals surface area contributed by atoms with E-state index < -0.39 is 0 Å². The zero-order valence-electron chi connectivity index (χ0n) is 12.0. The van der Waals surface area contributed by atoms with Crippen molar-refractivity contribution in [3.8, 4) is 0 Å². The van der Waals surface area contributed by atoms with Crippen molar-refractivity contribution < 1.29 is 0 Å². The number of rotatable bonds is 1. The Labute approximate surface area is 106 Å². The number of anilines is 1. The van der Waals surface area contributed by atoms with Crippen molar-refractivity contribution in [3.05, 3.63) is 23.9 Å². The van der Waals surface area contributed by atoms with Crippen molar-refractivity contribution in [2.24, 2.45) is 0 Å². The zero-order chi connectivity index (χ0) is 13.1. The summed E-state index contributed by atoms with van der Waals surface area (Å²) >= 11 is 0. The summed E-state index contributed by atoms with van der Waals surface area (Å²) in [4.78, 5) is 6.68. The molecule has 1 aliphatic rings. The Morgan fingerprint density at radius 2 is 1.71 bits per heavy atom. The fraction of sp³-hybridized carbons (Fsp3) is 0.643. The van der Waals surface area contributed by atoms with Gasteiger partial charge in [0, 0.05) is 32.4 Å². The molecule has 0 radical (unpaired) electrons.